The number of imidazole rings is 1. The van der Waals surface area contributed by atoms with E-state index < -0.39 is 0 Å². The number of hydrogen-bond donors (Lipinski definition) is 2. The Hall–Kier alpha value is -1.40. The summed E-state index contributed by atoms with van der Waals surface area (Å²) >= 11 is 3.49. The van der Waals surface area contributed by atoms with E-state index in [2.05, 4.69) is 33.2 Å². The topological polar surface area (TPSA) is 66.6 Å². The maximum absolute atomic E-state index is 12.3. The van der Waals surface area contributed by atoms with Crippen molar-refractivity contribution in [2.75, 3.05) is 13.2 Å². The zero-order valence-electron chi connectivity index (χ0n) is 11.6. The molecule has 2 rings (SSSR count). The monoisotopic (exact) mass is 339 g/mol. The van der Waals surface area contributed by atoms with Gasteiger partial charge in [0, 0.05) is 12.7 Å². The van der Waals surface area contributed by atoms with Crippen molar-refractivity contribution in [2.24, 2.45) is 0 Å². The van der Waals surface area contributed by atoms with Crippen LogP contribution in [-0.2, 0) is 6.42 Å². The fourth-order valence-corrected chi connectivity index (χ4v) is 2.82. The highest BCUT2D eigenvalue weighted by atomic mass is 79.9. The van der Waals surface area contributed by atoms with E-state index in [-0.39, 0.29) is 19.1 Å². The standard InChI is InChI=1S/C14H18BrN3O2/c1-3-4-11-12(14(20)16-5-6-19)18-8-9(2)7-10(15)13(18)17-11/h7-8,19H,3-6H2,1-2H3,(H,16,20). The van der Waals surface area contributed by atoms with Crippen LogP contribution in [0.1, 0.15) is 35.1 Å². The number of halogens is 1. The van der Waals surface area contributed by atoms with Gasteiger partial charge in [0.2, 0.25) is 0 Å². The minimum Gasteiger partial charge on any atom is -0.395 e. The molecule has 0 fully saturated rings. The Balaban J connectivity index is 2.58. The molecule has 0 saturated carbocycles. The van der Waals surface area contributed by atoms with Crippen molar-refractivity contribution in [3.8, 4) is 0 Å². The number of carbonyl (C=O) groups excluding carboxylic acids is 1. The van der Waals surface area contributed by atoms with E-state index in [0.29, 0.717) is 5.69 Å². The molecule has 108 valence electrons. The van der Waals surface area contributed by atoms with Gasteiger partial charge < -0.3 is 10.4 Å². The lowest BCUT2D eigenvalue weighted by atomic mass is 10.2. The summed E-state index contributed by atoms with van der Waals surface area (Å²) in [7, 11) is 0. The molecule has 0 aliphatic carbocycles. The van der Waals surface area contributed by atoms with E-state index in [4.69, 9.17) is 5.11 Å². The molecule has 5 nitrogen and oxygen atoms in total. The molecule has 0 atom stereocenters. The summed E-state index contributed by atoms with van der Waals surface area (Å²) in [6.07, 6.45) is 3.57. The van der Waals surface area contributed by atoms with Crippen molar-refractivity contribution >= 4 is 27.5 Å². The normalized spacial score (nSPS) is 11.0. The molecule has 0 spiro atoms. The number of amides is 1. The van der Waals surface area contributed by atoms with Gasteiger partial charge in [-0.1, -0.05) is 13.3 Å². The Morgan fingerprint density at radius 2 is 2.30 bits per heavy atom. The zero-order chi connectivity index (χ0) is 14.7. The highest BCUT2D eigenvalue weighted by molar-refractivity contribution is 9.10. The smallest absolute Gasteiger partial charge is 0.270 e. The minimum atomic E-state index is -0.201. The Morgan fingerprint density at radius 1 is 1.55 bits per heavy atom. The van der Waals surface area contributed by atoms with E-state index >= 15 is 0 Å². The van der Waals surface area contributed by atoms with Gasteiger partial charge in [0.25, 0.3) is 5.91 Å². The third-order valence-corrected chi connectivity index (χ3v) is 3.57. The Labute approximate surface area is 126 Å². The first kappa shape index (κ1) is 15.0. The predicted molar refractivity (Wildman–Crippen MR) is 81.0 cm³/mol. The lowest BCUT2D eigenvalue weighted by molar-refractivity contribution is 0.0938. The molecule has 2 N–H and O–H groups in total. The quantitative estimate of drug-likeness (QED) is 0.876. The average molecular weight is 340 g/mol. The molecule has 0 radical (unpaired) electrons. The second kappa shape index (κ2) is 6.37. The zero-order valence-corrected chi connectivity index (χ0v) is 13.2. The number of hydrogen-bond acceptors (Lipinski definition) is 3. The molecule has 0 aliphatic rings. The van der Waals surface area contributed by atoms with Gasteiger partial charge in [0.05, 0.1) is 16.8 Å². The van der Waals surface area contributed by atoms with E-state index in [0.717, 1.165) is 34.2 Å². The van der Waals surface area contributed by atoms with Crippen LogP contribution in [0.5, 0.6) is 0 Å². The number of aryl methyl sites for hydroxylation is 2. The Bertz CT molecular complexity index is 637. The molecule has 0 saturated heterocycles. The van der Waals surface area contributed by atoms with Crippen molar-refractivity contribution in [3.63, 3.8) is 0 Å². The maximum atomic E-state index is 12.3. The van der Waals surface area contributed by atoms with E-state index in [1.54, 1.807) is 0 Å². The number of aliphatic hydroxyl groups excluding tert-OH is 1. The van der Waals surface area contributed by atoms with Crippen LogP contribution < -0.4 is 5.32 Å². The van der Waals surface area contributed by atoms with Crippen molar-refractivity contribution in [1.29, 1.82) is 0 Å². The van der Waals surface area contributed by atoms with Crippen LogP contribution in [0.3, 0.4) is 0 Å². The van der Waals surface area contributed by atoms with E-state index in [1.165, 1.54) is 0 Å². The van der Waals surface area contributed by atoms with Crippen molar-refractivity contribution in [2.45, 2.75) is 26.7 Å². The molecule has 2 aromatic heterocycles. The first-order valence-electron chi connectivity index (χ1n) is 6.64. The largest absolute Gasteiger partial charge is 0.395 e. The average Bonchev–Trinajstić information content (AvgIpc) is 2.75. The number of aromatic nitrogens is 2. The Kier molecular flexibility index (Phi) is 4.77. The molecule has 20 heavy (non-hydrogen) atoms. The molecular weight excluding hydrogens is 322 g/mol. The van der Waals surface area contributed by atoms with Crippen LogP contribution in [0.15, 0.2) is 16.7 Å². The molecule has 0 unspecified atom stereocenters. The fraction of sp³-hybridized carbons (Fsp3) is 0.429. The van der Waals surface area contributed by atoms with Crippen LogP contribution in [0.4, 0.5) is 0 Å². The van der Waals surface area contributed by atoms with Crippen molar-refractivity contribution in [3.05, 3.63) is 33.7 Å². The van der Waals surface area contributed by atoms with Gasteiger partial charge in [-0.05, 0) is 40.9 Å². The van der Waals surface area contributed by atoms with Gasteiger partial charge in [-0.25, -0.2) is 4.98 Å². The number of nitrogens with zero attached hydrogens (tertiary/aromatic N) is 2. The summed E-state index contributed by atoms with van der Waals surface area (Å²) in [6.45, 7) is 4.19. The molecule has 0 bridgehead atoms. The molecule has 2 aromatic rings. The molecule has 0 aliphatic heterocycles. The first-order chi connectivity index (χ1) is 9.58. The molecular formula is C14H18BrN3O2. The number of aliphatic hydroxyl groups is 1. The van der Waals surface area contributed by atoms with Gasteiger partial charge in [0.1, 0.15) is 5.69 Å². The third-order valence-electron chi connectivity index (χ3n) is 2.98. The second-order valence-corrected chi connectivity index (χ2v) is 5.55. The number of carbonyl (C=O) groups is 1. The van der Waals surface area contributed by atoms with Crippen LogP contribution in [0.25, 0.3) is 5.65 Å². The lowest BCUT2D eigenvalue weighted by Crippen LogP contribution is -2.28. The molecule has 1 amide bonds. The van der Waals surface area contributed by atoms with Crippen LogP contribution in [0, 0.1) is 6.92 Å². The SMILES string of the molecule is CCCc1nc2c(Br)cc(C)cn2c1C(=O)NCCO. The van der Waals surface area contributed by atoms with E-state index in [1.807, 2.05) is 23.6 Å². The van der Waals surface area contributed by atoms with Gasteiger partial charge in [0.15, 0.2) is 5.65 Å². The summed E-state index contributed by atoms with van der Waals surface area (Å²) in [5, 5.41) is 11.5. The maximum Gasteiger partial charge on any atom is 0.270 e. The third kappa shape index (κ3) is 2.86. The van der Waals surface area contributed by atoms with Crippen molar-refractivity contribution < 1.29 is 9.90 Å². The molecule has 2 heterocycles. The van der Waals surface area contributed by atoms with Gasteiger partial charge in [-0.15, -0.1) is 0 Å². The predicted octanol–water partition coefficient (Wildman–Crippen LogP) is 2.08. The van der Waals surface area contributed by atoms with Gasteiger partial charge in [-0.2, -0.15) is 0 Å². The highest BCUT2D eigenvalue weighted by Gasteiger charge is 2.19. The summed E-state index contributed by atoms with van der Waals surface area (Å²) in [4.78, 5) is 16.9. The minimum absolute atomic E-state index is 0.0751. The summed E-state index contributed by atoms with van der Waals surface area (Å²) in [6, 6.07) is 1.98. The first-order valence-corrected chi connectivity index (χ1v) is 7.44. The van der Waals surface area contributed by atoms with Crippen LogP contribution in [-0.4, -0.2) is 33.6 Å². The lowest BCUT2D eigenvalue weighted by Gasteiger charge is -2.06. The van der Waals surface area contributed by atoms with Crippen LogP contribution >= 0.6 is 15.9 Å². The number of pyridine rings is 1. The molecule has 6 heteroatoms. The summed E-state index contributed by atoms with van der Waals surface area (Å²) in [5.74, 6) is -0.201. The van der Waals surface area contributed by atoms with Crippen molar-refractivity contribution in [1.82, 2.24) is 14.7 Å². The molecule has 0 aromatic carbocycles. The summed E-state index contributed by atoms with van der Waals surface area (Å²) < 4.78 is 2.69. The number of nitrogens with one attached hydrogen (secondary N) is 1. The Morgan fingerprint density at radius 3 is 2.95 bits per heavy atom. The van der Waals surface area contributed by atoms with Gasteiger partial charge in [-0.3, -0.25) is 9.20 Å². The fourth-order valence-electron chi connectivity index (χ4n) is 2.18. The number of rotatable bonds is 5. The summed E-state index contributed by atoms with van der Waals surface area (Å²) in [5.41, 5.74) is 3.13. The highest BCUT2D eigenvalue weighted by Crippen LogP contribution is 2.23. The van der Waals surface area contributed by atoms with Gasteiger partial charge >= 0.3 is 0 Å². The number of fused-ring (bicyclic) bond motifs is 1. The second-order valence-electron chi connectivity index (χ2n) is 4.70. The van der Waals surface area contributed by atoms with E-state index in [9.17, 15) is 4.79 Å². The van der Waals surface area contributed by atoms with Crippen LogP contribution in [0.2, 0.25) is 0 Å².